The van der Waals surface area contributed by atoms with Gasteiger partial charge in [-0.3, -0.25) is 0 Å². The van der Waals surface area contributed by atoms with Crippen molar-refractivity contribution in [3.63, 3.8) is 0 Å². The normalized spacial score (nSPS) is 9.77. The standard InChI is InChI=1S/C10H7F3/c1-3-6-5-8(11)10(13)9(12)7(6)4-2/h3-5H,1-2H2. The second-order valence-electron chi connectivity index (χ2n) is 2.40. The van der Waals surface area contributed by atoms with Crippen molar-refractivity contribution < 1.29 is 13.2 Å². The predicted octanol–water partition coefficient (Wildman–Crippen LogP) is 3.39. The first-order valence-electron chi connectivity index (χ1n) is 3.54. The van der Waals surface area contributed by atoms with E-state index in [1.54, 1.807) is 0 Å². The Balaban J connectivity index is 3.56. The molecule has 1 aromatic rings. The van der Waals surface area contributed by atoms with Gasteiger partial charge in [0.05, 0.1) is 0 Å². The van der Waals surface area contributed by atoms with Crippen molar-refractivity contribution in [2.24, 2.45) is 0 Å². The molecule has 0 radical (unpaired) electrons. The zero-order chi connectivity index (χ0) is 10.0. The van der Waals surface area contributed by atoms with Crippen LogP contribution in [0.1, 0.15) is 11.1 Å². The Morgan fingerprint density at radius 2 is 1.62 bits per heavy atom. The third-order valence-corrected chi connectivity index (χ3v) is 1.66. The fraction of sp³-hybridized carbons (Fsp3) is 0. The summed E-state index contributed by atoms with van der Waals surface area (Å²) in [6.45, 7) is 6.64. The molecule has 0 unspecified atom stereocenters. The van der Waals surface area contributed by atoms with E-state index in [0.29, 0.717) is 0 Å². The number of halogens is 3. The summed E-state index contributed by atoms with van der Waals surface area (Å²) >= 11 is 0. The average Bonchev–Trinajstić information content (AvgIpc) is 2.13. The van der Waals surface area contributed by atoms with E-state index in [0.717, 1.165) is 12.1 Å². The fourth-order valence-corrected chi connectivity index (χ4v) is 1.00. The van der Waals surface area contributed by atoms with E-state index in [9.17, 15) is 13.2 Å². The molecule has 0 nitrogen and oxygen atoms in total. The van der Waals surface area contributed by atoms with Crippen LogP contribution in [0.25, 0.3) is 12.2 Å². The molecule has 0 heterocycles. The Labute approximate surface area is 74.0 Å². The van der Waals surface area contributed by atoms with Gasteiger partial charge in [-0.2, -0.15) is 0 Å². The van der Waals surface area contributed by atoms with Gasteiger partial charge in [0, 0.05) is 5.56 Å². The van der Waals surface area contributed by atoms with Crippen molar-refractivity contribution >= 4 is 12.2 Å². The smallest absolute Gasteiger partial charge is 0.195 e. The predicted molar refractivity (Wildman–Crippen MR) is 46.5 cm³/mol. The SMILES string of the molecule is C=Cc1cc(F)c(F)c(F)c1C=C. The molecular weight excluding hydrogens is 177 g/mol. The second kappa shape index (κ2) is 3.47. The molecule has 0 amide bonds. The van der Waals surface area contributed by atoms with Gasteiger partial charge in [0.2, 0.25) is 0 Å². The van der Waals surface area contributed by atoms with Crippen LogP contribution < -0.4 is 0 Å². The molecule has 1 rings (SSSR count). The monoisotopic (exact) mass is 184 g/mol. The van der Waals surface area contributed by atoms with Crippen LogP contribution in [0.4, 0.5) is 13.2 Å². The van der Waals surface area contributed by atoms with Gasteiger partial charge in [-0.25, -0.2) is 13.2 Å². The van der Waals surface area contributed by atoms with Gasteiger partial charge in [-0.05, 0) is 11.6 Å². The van der Waals surface area contributed by atoms with Gasteiger partial charge in [0.1, 0.15) is 0 Å². The maximum absolute atomic E-state index is 13.0. The number of benzene rings is 1. The summed E-state index contributed by atoms with van der Waals surface area (Å²) in [6.07, 6.45) is 2.36. The topological polar surface area (TPSA) is 0 Å². The highest BCUT2D eigenvalue weighted by Gasteiger charge is 2.14. The molecule has 0 bridgehead atoms. The van der Waals surface area contributed by atoms with Crippen LogP contribution in [0, 0.1) is 17.5 Å². The number of hydrogen-bond acceptors (Lipinski definition) is 0. The summed E-state index contributed by atoms with van der Waals surface area (Å²) in [5.41, 5.74) is 0.111. The van der Waals surface area contributed by atoms with E-state index >= 15 is 0 Å². The number of hydrogen-bond donors (Lipinski definition) is 0. The summed E-state index contributed by atoms with van der Waals surface area (Å²) in [4.78, 5) is 0. The quantitative estimate of drug-likeness (QED) is 0.618. The van der Waals surface area contributed by atoms with E-state index in [4.69, 9.17) is 0 Å². The molecule has 0 N–H and O–H groups in total. The van der Waals surface area contributed by atoms with E-state index in [2.05, 4.69) is 13.2 Å². The zero-order valence-electron chi connectivity index (χ0n) is 6.78. The molecule has 0 aliphatic heterocycles. The Bertz CT molecular complexity index is 367. The Hall–Kier alpha value is -1.51. The maximum Gasteiger partial charge on any atom is 0.195 e. The van der Waals surface area contributed by atoms with Crippen LogP contribution in [-0.2, 0) is 0 Å². The lowest BCUT2D eigenvalue weighted by atomic mass is 10.1. The van der Waals surface area contributed by atoms with Crippen LogP contribution in [0.15, 0.2) is 19.2 Å². The Kier molecular flexibility index (Phi) is 2.56. The molecule has 0 aromatic heterocycles. The minimum absolute atomic E-state index is 0.0751. The summed E-state index contributed by atoms with van der Waals surface area (Å²) in [7, 11) is 0. The third kappa shape index (κ3) is 1.49. The van der Waals surface area contributed by atoms with E-state index < -0.39 is 17.5 Å². The number of rotatable bonds is 2. The van der Waals surface area contributed by atoms with Crippen molar-refractivity contribution in [1.29, 1.82) is 0 Å². The van der Waals surface area contributed by atoms with Gasteiger partial charge in [-0.15, -0.1) is 0 Å². The molecule has 13 heavy (non-hydrogen) atoms. The largest absolute Gasteiger partial charge is 0.204 e. The first-order chi connectivity index (χ1) is 6.11. The van der Waals surface area contributed by atoms with Crippen molar-refractivity contribution in [2.75, 3.05) is 0 Å². The minimum atomic E-state index is -1.49. The van der Waals surface area contributed by atoms with E-state index in [1.165, 1.54) is 6.08 Å². The molecule has 0 fully saturated rings. The van der Waals surface area contributed by atoms with Crippen LogP contribution in [0.3, 0.4) is 0 Å². The van der Waals surface area contributed by atoms with E-state index in [1.807, 2.05) is 0 Å². The highest BCUT2D eigenvalue weighted by Crippen LogP contribution is 2.21. The zero-order valence-corrected chi connectivity index (χ0v) is 6.78. The van der Waals surface area contributed by atoms with Crippen LogP contribution in [-0.4, -0.2) is 0 Å². The second-order valence-corrected chi connectivity index (χ2v) is 2.40. The molecule has 0 atom stereocenters. The molecule has 0 aliphatic carbocycles. The highest BCUT2D eigenvalue weighted by atomic mass is 19.2. The van der Waals surface area contributed by atoms with Gasteiger partial charge < -0.3 is 0 Å². The van der Waals surface area contributed by atoms with Gasteiger partial charge in [0.15, 0.2) is 17.5 Å². The van der Waals surface area contributed by atoms with Crippen molar-refractivity contribution in [3.8, 4) is 0 Å². The van der Waals surface area contributed by atoms with Crippen LogP contribution in [0.2, 0.25) is 0 Å². The molecule has 3 heteroatoms. The first-order valence-corrected chi connectivity index (χ1v) is 3.54. The van der Waals surface area contributed by atoms with Gasteiger partial charge in [-0.1, -0.05) is 25.3 Å². The van der Waals surface area contributed by atoms with Gasteiger partial charge >= 0.3 is 0 Å². The molecule has 1 aromatic carbocycles. The lowest BCUT2D eigenvalue weighted by Crippen LogP contribution is -1.96. The molecular formula is C10H7F3. The summed E-state index contributed by atoms with van der Waals surface area (Å²) in [5, 5.41) is 0. The summed E-state index contributed by atoms with van der Waals surface area (Å²) < 4.78 is 38.3. The maximum atomic E-state index is 13.0. The van der Waals surface area contributed by atoms with Crippen molar-refractivity contribution in [2.45, 2.75) is 0 Å². The molecule has 68 valence electrons. The Morgan fingerprint density at radius 1 is 1.00 bits per heavy atom. The molecule has 0 aliphatic rings. The van der Waals surface area contributed by atoms with Crippen molar-refractivity contribution in [1.82, 2.24) is 0 Å². The third-order valence-electron chi connectivity index (χ3n) is 1.66. The minimum Gasteiger partial charge on any atom is -0.204 e. The molecule has 0 saturated heterocycles. The van der Waals surface area contributed by atoms with Crippen molar-refractivity contribution in [3.05, 3.63) is 47.8 Å². The summed E-state index contributed by atoms with van der Waals surface area (Å²) in [6, 6.07) is 0.877. The van der Waals surface area contributed by atoms with Gasteiger partial charge in [0.25, 0.3) is 0 Å². The highest BCUT2D eigenvalue weighted by molar-refractivity contribution is 5.64. The van der Waals surface area contributed by atoms with E-state index in [-0.39, 0.29) is 11.1 Å². The Morgan fingerprint density at radius 3 is 2.08 bits per heavy atom. The summed E-state index contributed by atoms with van der Waals surface area (Å²) in [5.74, 6) is -3.94. The fourth-order valence-electron chi connectivity index (χ4n) is 1.00. The first kappa shape index (κ1) is 9.58. The van der Waals surface area contributed by atoms with Crippen LogP contribution in [0.5, 0.6) is 0 Å². The lowest BCUT2D eigenvalue weighted by molar-refractivity contribution is 0.445. The molecule has 0 saturated carbocycles. The average molecular weight is 184 g/mol. The molecule has 0 spiro atoms. The van der Waals surface area contributed by atoms with Crippen LogP contribution >= 0.6 is 0 Å². The lowest BCUT2D eigenvalue weighted by Gasteiger charge is -2.04.